The van der Waals surface area contributed by atoms with Crippen LogP contribution in [0.3, 0.4) is 0 Å². The van der Waals surface area contributed by atoms with Gasteiger partial charge in [-0.1, -0.05) is 17.7 Å². The van der Waals surface area contributed by atoms with Gasteiger partial charge in [-0.3, -0.25) is 20.6 Å². The lowest BCUT2D eigenvalue weighted by Gasteiger charge is -2.37. The lowest BCUT2D eigenvalue weighted by molar-refractivity contribution is 0.0962. The molecule has 1 aliphatic heterocycles. The van der Waals surface area contributed by atoms with E-state index >= 15 is 0 Å². The minimum absolute atomic E-state index is 0.335. The molecule has 2 aromatic heterocycles. The molecule has 1 aromatic carbocycles. The van der Waals surface area contributed by atoms with Gasteiger partial charge < -0.3 is 15.5 Å². The number of amides is 1. The van der Waals surface area contributed by atoms with E-state index in [0.29, 0.717) is 22.9 Å². The van der Waals surface area contributed by atoms with Crippen LogP contribution < -0.4 is 26.4 Å². The van der Waals surface area contributed by atoms with Gasteiger partial charge in [0.1, 0.15) is 12.0 Å². The molecule has 1 fully saturated rings. The first-order valence-corrected chi connectivity index (χ1v) is 9.82. The molecule has 9 nitrogen and oxygen atoms in total. The predicted octanol–water partition coefficient (Wildman–Crippen LogP) is 2.19. The monoisotopic (exact) mass is 424 g/mol. The maximum Gasteiger partial charge on any atom is 0.271 e. The van der Waals surface area contributed by atoms with Gasteiger partial charge >= 0.3 is 0 Å². The summed E-state index contributed by atoms with van der Waals surface area (Å²) in [6.07, 6.45) is 4.50. The van der Waals surface area contributed by atoms with Crippen molar-refractivity contribution in [2.45, 2.75) is 0 Å². The number of rotatable bonds is 5. The second kappa shape index (κ2) is 8.83. The topological polar surface area (TPSA) is 112 Å². The zero-order valence-corrected chi connectivity index (χ0v) is 16.9. The lowest BCUT2D eigenvalue weighted by atomic mass is 10.2. The molecule has 0 unspecified atom stereocenters. The number of halogens is 1. The molecule has 10 heteroatoms. The van der Waals surface area contributed by atoms with E-state index in [-0.39, 0.29) is 5.91 Å². The first kappa shape index (κ1) is 19.7. The molecule has 4 N–H and O–H groups in total. The van der Waals surface area contributed by atoms with Crippen LogP contribution in [0, 0.1) is 0 Å². The number of hydrogen-bond acceptors (Lipinski definition) is 8. The highest BCUT2D eigenvalue weighted by atomic mass is 35.5. The highest BCUT2D eigenvalue weighted by Crippen LogP contribution is 2.28. The zero-order chi connectivity index (χ0) is 20.9. The summed E-state index contributed by atoms with van der Waals surface area (Å²) in [5, 5.41) is 0.721. The third-order valence-corrected chi connectivity index (χ3v) is 5.07. The Kier molecular flexibility index (Phi) is 5.80. The maximum absolute atomic E-state index is 12.2. The number of nitrogens with zero attached hydrogens (tertiary/aromatic N) is 5. The molecule has 1 aliphatic rings. The van der Waals surface area contributed by atoms with Gasteiger partial charge in [0.05, 0.1) is 5.56 Å². The number of benzene rings is 1. The number of nitrogens with one attached hydrogen (secondary N) is 2. The van der Waals surface area contributed by atoms with Crippen LogP contribution in [0.4, 0.5) is 23.0 Å². The van der Waals surface area contributed by atoms with Crippen LogP contribution >= 0.6 is 11.6 Å². The number of hydrazine groups is 1. The van der Waals surface area contributed by atoms with Gasteiger partial charge in [-0.2, -0.15) is 0 Å². The fourth-order valence-corrected chi connectivity index (χ4v) is 3.46. The van der Waals surface area contributed by atoms with Gasteiger partial charge in [-0.15, -0.1) is 0 Å². The van der Waals surface area contributed by atoms with E-state index < -0.39 is 0 Å². The average Bonchev–Trinajstić information content (AvgIpc) is 2.79. The third-order valence-electron chi connectivity index (χ3n) is 4.83. The number of piperazine rings is 1. The van der Waals surface area contributed by atoms with Crippen LogP contribution in [0.15, 0.2) is 55.1 Å². The number of pyridine rings is 1. The Labute approximate surface area is 178 Å². The molecule has 1 amide bonds. The van der Waals surface area contributed by atoms with E-state index in [0.717, 1.165) is 36.9 Å². The van der Waals surface area contributed by atoms with Crippen molar-refractivity contribution in [3.05, 3.63) is 65.7 Å². The standard InChI is InChI=1S/C20H21ClN8O/c21-15-4-1-5-16(11-15)28-7-9-29(10-8-28)19-17(22)18(24-13-25-19)26-27-20(30)14-3-2-6-23-12-14/h1-6,11-13H,7-10,22H2,(H,27,30)(H,24,25,26). The summed E-state index contributed by atoms with van der Waals surface area (Å²) in [6.45, 7) is 3.11. The predicted molar refractivity (Wildman–Crippen MR) is 118 cm³/mol. The fraction of sp³-hybridized carbons (Fsp3) is 0.200. The summed E-state index contributed by atoms with van der Waals surface area (Å²) in [5.41, 5.74) is 13.5. The number of nitrogens with two attached hydrogens (primary N) is 1. The normalized spacial score (nSPS) is 13.8. The molecule has 0 radical (unpaired) electrons. The summed E-state index contributed by atoms with van der Waals surface area (Å²) in [5.74, 6) is 0.640. The van der Waals surface area contributed by atoms with Crippen LogP contribution in [0.25, 0.3) is 0 Å². The molecular formula is C20H21ClN8O. The smallest absolute Gasteiger partial charge is 0.271 e. The minimum atomic E-state index is -0.335. The van der Waals surface area contributed by atoms with Crippen molar-refractivity contribution in [2.24, 2.45) is 0 Å². The number of anilines is 4. The molecule has 3 aromatic rings. The Bertz CT molecular complexity index is 1020. The SMILES string of the molecule is Nc1c(NNC(=O)c2cccnc2)ncnc1N1CCN(c2cccc(Cl)c2)CC1. The molecule has 0 saturated carbocycles. The van der Waals surface area contributed by atoms with Gasteiger partial charge in [0, 0.05) is 49.3 Å². The number of nitrogen functional groups attached to an aromatic ring is 1. The van der Waals surface area contributed by atoms with Crippen LogP contribution in [-0.4, -0.2) is 47.0 Å². The first-order valence-electron chi connectivity index (χ1n) is 9.44. The Hall–Kier alpha value is -3.59. The molecule has 30 heavy (non-hydrogen) atoms. The summed E-state index contributed by atoms with van der Waals surface area (Å²) in [6, 6.07) is 11.2. The number of hydrogen-bond donors (Lipinski definition) is 3. The maximum atomic E-state index is 12.2. The second-order valence-electron chi connectivity index (χ2n) is 6.73. The highest BCUT2D eigenvalue weighted by molar-refractivity contribution is 6.30. The summed E-state index contributed by atoms with van der Waals surface area (Å²) >= 11 is 6.11. The van der Waals surface area contributed by atoms with Gasteiger partial charge in [-0.05, 0) is 30.3 Å². The van der Waals surface area contributed by atoms with Gasteiger partial charge in [0.2, 0.25) is 0 Å². The van der Waals surface area contributed by atoms with Crippen LogP contribution in [0.2, 0.25) is 5.02 Å². The molecule has 0 spiro atoms. The van der Waals surface area contributed by atoms with Gasteiger partial charge in [-0.25, -0.2) is 9.97 Å². The molecule has 0 bridgehead atoms. The van der Waals surface area contributed by atoms with E-state index in [1.165, 1.54) is 12.5 Å². The van der Waals surface area contributed by atoms with Crippen molar-refractivity contribution in [1.82, 2.24) is 20.4 Å². The number of carbonyl (C=O) groups excluding carboxylic acids is 1. The van der Waals surface area contributed by atoms with Crippen molar-refractivity contribution >= 4 is 40.5 Å². The van der Waals surface area contributed by atoms with E-state index in [9.17, 15) is 4.79 Å². The van der Waals surface area contributed by atoms with E-state index in [1.807, 2.05) is 24.3 Å². The number of carbonyl (C=O) groups is 1. The van der Waals surface area contributed by atoms with E-state index in [4.69, 9.17) is 17.3 Å². The van der Waals surface area contributed by atoms with Crippen molar-refractivity contribution < 1.29 is 4.79 Å². The largest absolute Gasteiger partial charge is 0.393 e. The van der Waals surface area contributed by atoms with Crippen molar-refractivity contribution in [2.75, 3.05) is 47.1 Å². The molecule has 0 aliphatic carbocycles. The van der Waals surface area contributed by atoms with Crippen LogP contribution in [0.1, 0.15) is 10.4 Å². The molecular weight excluding hydrogens is 404 g/mol. The Morgan fingerprint density at radius 1 is 1.07 bits per heavy atom. The third kappa shape index (κ3) is 4.36. The van der Waals surface area contributed by atoms with Crippen molar-refractivity contribution in [1.29, 1.82) is 0 Å². The van der Waals surface area contributed by atoms with Gasteiger partial charge in [0.25, 0.3) is 5.91 Å². The van der Waals surface area contributed by atoms with Crippen LogP contribution in [-0.2, 0) is 0 Å². The Morgan fingerprint density at radius 2 is 1.87 bits per heavy atom. The molecule has 0 atom stereocenters. The van der Waals surface area contributed by atoms with Gasteiger partial charge in [0.15, 0.2) is 11.6 Å². The highest BCUT2D eigenvalue weighted by Gasteiger charge is 2.22. The van der Waals surface area contributed by atoms with Crippen molar-refractivity contribution in [3.8, 4) is 0 Å². The summed E-state index contributed by atoms with van der Waals surface area (Å²) < 4.78 is 0. The summed E-state index contributed by atoms with van der Waals surface area (Å²) in [7, 11) is 0. The zero-order valence-electron chi connectivity index (χ0n) is 16.1. The number of aromatic nitrogens is 3. The van der Waals surface area contributed by atoms with E-state index in [1.54, 1.807) is 18.3 Å². The molecule has 4 rings (SSSR count). The Morgan fingerprint density at radius 3 is 2.60 bits per heavy atom. The quantitative estimate of drug-likeness (QED) is 0.534. The van der Waals surface area contributed by atoms with Crippen molar-refractivity contribution in [3.63, 3.8) is 0 Å². The Balaban J connectivity index is 1.40. The summed E-state index contributed by atoms with van der Waals surface area (Å²) in [4.78, 5) is 29.0. The average molecular weight is 425 g/mol. The fourth-order valence-electron chi connectivity index (χ4n) is 3.27. The molecule has 154 valence electrons. The molecule has 1 saturated heterocycles. The minimum Gasteiger partial charge on any atom is -0.393 e. The molecule has 3 heterocycles. The lowest BCUT2D eigenvalue weighted by Crippen LogP contribution is -2.47. The first-order chi connectivity index (χ1) is 14.6. The van der Waals surface area contributed by atoms with Crippen LogP contribution in [0.5, 0.6) is 0 Å². The van der Waals surface area contributed by atoms with E-state index in [2.05, 4.69) is 35.6 Å². The second-order valence-corrected chi connectivity index (χ2v) is 7.17.